The number of ether oxygens (including phenoxy) is 3. The predicted octanol–water partition coefficient (Wildman–Crippen LogP) is 2.28. The van der Waals surface area contributed by atoms with Crippen LogP contribution in [0.1, 0.15) is 33.8 Å². The summed E-state index contributed by atoms with van der Waals surface area (Å²) in [4.78, 5) is 24.3. The summed E-state index contributed by atoms with van der Waals surface area (Å²) < 4.78 is 22.2. The molecule has 2 aromatic rings. The third kappa shape index (κ3) is 1.48. The van der Waals surface area contributed by atoms with Gasteiger partial charge in [-0.25, -0.2) is 4.79 Å². The lowest BCUT2D eigenvalue weighted by Crippen LogP contribution is -2.14. The Balaban J connectivity index is 1.94. The fraction of sp³-hybridized carbons (Fsp3) is 0.294. The lowest BCUT2D eigenvalue weighted by Gasteiger charge is -2.12. The summed E-state index contributed by atoms with van der Waals surface area (Å²) in [6.07, 6.45) is 3.86. The van der Waals surface area contributed by atoms with E-state index in [0.29, 0.717) is 40.9 Å². The molecule has 0 fully saturated rings. The van der Waals surface area contributed by atoms with Crippen LogP contribution >= 0.6 is 0 Å². The second-order valence-corrected chi connectivity index (χ2v) is 5.84. The molecular weight excluding hydrogens is 300 g/mol. The van der Waals surface area contributed by atoms with Crippen LogP contribution < -0.4 is 15.1 Å². The minimum absolute atomic E-state index is 0.128. The average molecular weight is 312 g/mol. The first-order valence-electron chi connectivity index (χ1n) is 7.41. The molecule has 6 heteroatoms. The highest BCUT2D eigenvalue weighted by molar-refractivity contribution is 6.06. The largest absolute Gasteiger partial charge is 0.496 e. The maximum Gasteiger partial charge on any atom is 0.347 e. The normalized spacial score (nSPS) is 23.4. The molecule has 0 bridgehead atoms. The van der Waals surface area contributed by atoms with Gasteiger partial charge >= 0.3 is 5.63 Å². The number of carbonyl (C=O) groups is 1. The molecule has 1 unspecified atom stereocenters. The number of Topliss-reactive ketones (excluding diaryl/α,β-unsaturated/α-hetero) is 1. The Morgan fingerprint density at radius 1 is 1.26 bits per heavy atom. The number of methoxy groups -OCH3 is 1. The van der Waals surface area contributed by atoms with E-state index in [1.165, 1.54) is 0 Å². The zero-order chi connectivity index (χ0) is 15.7. The van der Waals surface area contributed by atoms with Gasteiger partial charge in [-0.1, -0.05) is 0 Å². The van der Waals surface area contributed by atoms with Gasteiger partial charge in [0.05, 0.1) is 30.2 Å². The molecule has 6 nitrogen and oxygen atoms in total. The Morgan fingerprint density at radius 2 is 2.13 bits per heavy atom. The first kappa shape index (κ1) is 12.8. The highest BCUT2D eigenvalue weighted by Gasteiger charge is 2.41. The summed E-state index contributed by atoms with van der Waals surface area (Å²) in [6, 6.07) is 1.77. The van der Waals surface area contributed by atoms with Gasteiger partial charge in [0.15, 0.2) is 5.78 Å². The van der Waals surface area contributed by atoms with Gasteiger partial charge in [-0.05, 0) is 18.1 Å². The van der Waals surface area contributed by atoms with Gasteiger partial charge in [0.2, 0.25) is 0 Å². The SMILES string of the molecule is COc1cc2c(c3oc(=O)c4c(c13)CCC4=O)C1C=CO[C@@H]1O2. The molecule has 1 aromatic heterocycles. The fourth-order valence-corrected chi connectivity index (χ4v) is 3.72. The van der Waals surface area contributed by atoms with E-state index in [2.05, 4.69) is 0 Å². The van der Waals surface area contributed by atoms with Crippen LogP contribution in [0.3, 0.4) is 0 Å². The summed E-state index contributed by atoms with van der Waals surface area (Å²) in [5.74, 6) is 0.826. The summed E-state index contributed by atoms with van der Waals surface area (Å²) in [6.45, 7) is 0. The van der Waals surface area contributed by atoms with Gasteiger partial charge in [0, 0.05) is 12.5 Å². The van der Waals surface area contributed by atoms with Gasteiger partial charge in [-0.3, -0.25) is 4.79 Å². The Morgan fingerprint density at radius 3 is 2.96 bits per heavy atom. The Labute approximate surface area is 130 Å². The third-order valence-corrected chi connectivity index (χ3v) is 4.72. The highest BCUT2D eigenvalue weighted by atomic mass is 16.7. The average Bonchev–Trinajstić information content (AvgIpc) is 3.20. The summed E-state index contributed by atoms with van der Waals surface area (Å²) in [5, 5.41) is 0.691. The van der Waals surface area contributed by atoms with Crippen LogP contribution in [-0.2, 0) is 11.2 Å². The van der Waals surface area contributed by atoms with Crippen molar-refractivity contribution < 1.29 is 23.4 Å². The number of carbonyl (C=O) groups excluding carboxylic acids is 1. The number of aryl methyl sites for hydroxylation is 1. The second-order valence-electron chi connectivity index (χ2n) is 5.84. The Kier molecular flexibility index (Phi) is 2.30. The molecule has 5 rings (SSSR count). The second kappa shape index (κ2) is 4.16. The molecule has 0 amide bonds. The quantitative estimate of drug-likeness (QED) is 0.752. The standard InChI is InChI=1S/C17H12O6/c1-20-10-6-11-14(8-4-5-21-17(8)22-11)15-13(10)7-2-3-9(18)12(7)16(19)23-15/h4-6,8,17H,2-3H2,1H3/t8?,17-/m1/s1. The summed E-state index contributed by atoms with van der Waals surface area (Å²) in [5.41, 5.74) is 1.49. The third-order valence-electron chi connectivity index (χ3n) is 4.72. The van der Waals surface area contributed by atoms with Crippen molar-refractivity contribution in [2.75, 3.05) is 7.11 Å². The van der Waals surface area contributed by atoms with Crippen LogP contribution in [0.15, 0.2) is 27.6 Å². The van der Waals surface area contributed by atoms with E-state index >= 15 is 0 Å². The Bertz CT molecular complexity index is 967. The molecule has 23 heavy (non-hydrogen) atoms. The van der Waals surface area contributed by atoms with E-state index in [1.54, 1.807) is 19.4 Å². The molecule has 0 saturated carbocycles. The maximum atomic E-state index is 12.3. The topological polar surface area (TPSA) is 75.0 Å². The van der Waals surface area contributed by atoms with Crippen molar-refractivity contribution in [1.29, 1.82) is 0 Å². The van der Waals surface area contributed by atoms with Gasteiger partial charge in [-0.15, -0.1) is 0 Å². The number of hydrogen-bond acceptors (Lipinski definition) is 6. The van der Waals surface area contributed by atoms with Crippen molar-refractivity contribution in [2.24, 2.45) is 0 Å². The predicted molar refractivity (Wildman–Crippen MR) is 79.1 cm³/mol. The first-order chi connectivity index (χ1) is 11.2. The van der Waals surface area contributed by atoms with Gasteiger partial charge in [0.25, 0.3) is 6.29 Å². The molecule has 2 aliphatic heterocycles. The van der Waals surface area contributed by atoms with Gasteiger partial charge in [0.1, 0.15) is 22.6 Å². The molecule has 116 valence electrons. The number of hydrogen-bond donors (Lipinski definition) is 0. The van der Waals surface area contributed by atoms with E-state index in [4.69, 9.17) is 18.6 Å². The van der Waals surface area contributed by atoms with Crippen LogP contribution in [0.25, 0.3) is 11.0 Å². The lowest BCUT2D eigenvalue weighted by atomic mass is 9.95. The summed E-state index contributed by atoms with van der Waals surface area (Å²) >= 11 is 0. The smallest absolute Gasteiger partial charge is 0.347 e. The maximum absolute atomic E-state index is 12.3. The number of rotatable bonds is 1. The Hall–Kier alpha value is -2.76. The van der Waals surface area contributed by atoms with E-state index < -0.39 is 11.9 Å². The number of ketones is 1. The first-order valence-corrected chi connectivity index (χ1v) is 7.41. The van der Waals surface area contributed by atoms with E-state index in [9.17, 15) is 9.59 Å². The van der Waals surface area contributed by atoms with E-state index in [0.717, 1.165) is 5.56 Å². The minimum atomic E-state index is -0.586. The van der Waals surface area contributed by atoms with Crippen molar-refractivity contribution in [1.82, 2.24) is 0 Å². The zero-order valence-corrected chi connectivity index (χ0v) is 12.3. The van der Waals surface area contributed by atoms with E-state index in [1.807, 2.05) is 6.08 Å². The van der Waals surface area contributed by atoms with Crippen molar-refractivity contribution in [2.45, 2.75) is 25.0 Å². The number of fused-ring (bicyclic) bond motifs is 7. The van der Waals surface area contributed by atoms with Crippen molar-refractivity contribution in [3.63, 3.8) is 0 Å². The van der Waals surface area contributed by atoms with Crippen LogP contribution in [0.2, 0.25) is 0 Å². The van der Waals surface area contributed by atoms with Crippen molar-refractivity contribution in [3.8, 4) is 11.5 Å². The molecular formula is C17H12O6. The molecule has 1 aliphatic carbocycles. The monoisotopic (exact) mass is 312 g/mol. The van der Waals surface area contributed by atoms with Crippen LogP contribution in [-0.4, -0.2) is 19.2 Å². The molecule has 1 aromatic carbocycles. The fourth-order valence-electron chi connectivity index (χ4n) is 3.72. The minimum Gasteiger partial charge on any atom is -0.496 e. The molecule has 0 radical (unpaired) electrons. The summed E-state index contributed by atoms with van der Waals surface area (Å²) in [7, 11) is 1.54. The number of benzene rings is 1. The molecule has 2 atom stereocenters. The molecule has 0 saturated heterocycles. The molecule has 0 spiro atoms. The zero-order valence-electron chi connectivity index (χ0n) is 12.3. The van der Waals surface area contributed by atoms with Crippen LogP contribution in [0.4, 0.5) is 0 Å². The molecule has 3 heterocycles. The van der Waals surface area contributed by atoms with Crippen molar-refractivity contribution >= 4 is 16.8 Å². The van der Waals surface area contributed by atoms with Gasteiger partial charge < -0.3 is 18.6 Å². The van der Waals surface area contributed by atoms with E-state index in [-0.39, 0.29) is 17.3 Å². The molecule has 3 aliphatic rings. The van der Waals surface area contributed by atoms with Crippen molar-refractivity contribution in [3.05, 3.63) is 45.5 Å². The molecule has 0 N–H and O–H groups in total. The van der Waals surface area contributed by atoms with Crippen LogP contribution in [0.5, 0.6) is 11.5 Å². The lowest BCUT2D eigenvalue weighted by molar-refractivity contribution is -0.00485. The highest BCUT2D eigenvalue weighted by Crippen LogP contribution is 2.50. The van der Waals surface area contributed by atoms with Crippen LogP contribution in [0, 0.1) is 0 Å². The van der Waals surface area contributed by atoms with Gasteiger partial charge in [-0.2, -0.15) is 0 Å².